The van der Waals surface area contributed by atoms with Crippen LogP contribution < -0.4 is 5.73 Å². The van der Waals surface area contributed by atoms with Crippen LogP contribution in [0.5, 0.6) is 0 Å². The lowest BCUT2D eigenvalue weighted by Crippen LogP contribution is -2.36. The molecule has 1 aliphatic carbocycles. The van der Waals surface area contributed by atoms with Crippen molar-refractivity contribution in [1.82, 2.24) is 4.98 Å². The standard InChI is InChI=1S/C14H18N2O/c15-10-14(5-2-1-3-6-14)13-8-11-9-16-7-4-12(11)17-13/h4,7-9H,1-3,5-6,10,15H2. The van der Waals surface area contributed by atoms with Crippen LogP contribution in [0.15, 0.2) is 28.9 Å². The van der Waals surface area contributed by atoms with Crippen LogP contribution in [0.25, 0.3) is 11.0 Å². The number of fused-ring (bicyclic) bond motifs is 1. The molecule has 0 aliphatic heterocycles. The first-order chi connectivity index (χ1) is 8.34. The molecule has 0 atom stereocenters. The highest BCUT2D eigenvalue weighted by Gasteiger charge is 2.35. The van der Waals surface area contributed by atoms with Crippen molar-refractivity contribution in [3.63, 3.8) is 0 Å². The molecule has 0 saturated heterocycles. The van der Waals surface area contributed by atoms with Crippen molar-refractivity contribution in [1.29, 1.82) is 0 Å². The second kappa shape index (κ2) is 4.15. The van der Waals surface area contributed by atoms with Crippen LogP contribution in [-0.4, -0.2) is 11.5 Å². The van der Waals surface area contributed by atoms with Gasteiger partial charge in [-0.05, 0) is 25.0 Å². The smallest absolute Gasteiger partial charge is 0.137 e. The van der Waals surface area contributed by atoms with Crippen molar-refractivity contribution in [2.45, 2.75) is 37.5 Å². The highest BCUT2D eigenvalue weighted by Crippen LogP contribution is 2.40. The highest BCUT2D eigenvalue weighted by atomic mass is 16.3. The Morgan fingerprint density at radius 2 is 2.12 bits per heavy atom. The van der Waals surface area contributed by atoms with E-state index >= 15 is 0 Å². The summed E-state index contributed by atoms with van der Waals surface area (Å²) in [6.45, 7) is 0.681. The number of hydrogen-bond donors (Lipinski definition) is 1. The van der Waals surface area contributed by atoms with Gasteiger partial charge in [0, 0.05) is 29.7 Å². The van der Waals surface area contributed by atoms with E-state index in [1.165, 1.54) is 19.3 Å². The van der Waals surface area contributed by atoms with E-state index in [1.54, 1.807) is 6.20 Å². The van der Waals surface area contributed by atoms with Gasteiger partial charge >= 0.3 is 0 Å². The van der Waals surface area contributed by atoms with E-state index in [9.17, 15) is 0 Å². The Bertz CT molecular complexity index is 479. The van der Waals surface area contributed by atoms with Crippen molar-refractivity contribution in [2.24, 2.45) is 5.73 Å². The Labute approximate surface area is 101 Å². The molecule has 2 N–H and O–H groups in total. The van der Waals surface area contributed by atoms with Gasteiger partial charge < -0.3 is 10.2 Å². The van der Waals surface area contributed by atoms with Gasteiger partial charge in [0.1, 0.15) is 11.3 Å². The van der Waals surface area contributed by atoms with Crippen molar-refractivity contribution < 1.29 is 4.42 Å². The summed E-state index contributed by atoms with van der Waals surface area (Å²) in [5, 5.41) is 1.08. The van der Waals surface area contributed by atoms with Crippen LogP contribution in [0.2, 0.25) is 0 Å². The first-order valence-corrected chi connectivity index (χ1v) is 6.38. The summed E-state index contributed by atoms with van der Waals surface area (Å²) in [4.78, 5) is 4.13. The number of aromatic nitrogens is 1. The van der Waals surface area contributed by atoms with E-state index in [2.05, 4.69) is 11.1 Å². The minimum atomic E-state index is 0.0667. The average Bonchev–Trinajstić information content (AvgIpc) is 2.84. The maximum absolute atomic E-state index is 6.02. The maximum Gasteiger partial charge on any atom is 0.137 e. The second-order valence-electron chi connectivity index (χ2n) is 5.07. The van der Waals surface area contributed by atoms with Crippen LogP contribution in [0.3, 0.4) is 0 Å². The van der Waals surface area contributed by atoms with Gasteiger partial charge in [-0.2, -0.15) is 0 Å². The third-order valence-corrected chi connectivity index (χ3v) is 4.04. The number of nitrogens with two attached hydrogens (primary N) is 1. The summed E-state index contributed by atoms with van der Waals surface area (Å²) < 4.78 is 5.98. The van der Waals surface area contributed by atoms with Crippen LogP contribution in [0.1, 0.15) is 37.9 Å². The normalized spacial score (nSPS) is 19.6. The minimum absolute atomic E-state index is 0.0667. The number of hydrogen-bond acceptors (Lipinski definition) is 3. The van der Waals surface area contributed by atoms with Crippen LogP contribution >= 0.6 is 0 Å². The molecule has 90 valence electrons. The SMILES string of the molecule is NCC1(c2cc3cnccc3o2)CCCCC1. The molecule has 2 aromatic heterocycles. The number of rotatable bonds is 2. The van der Waals surface area contributed by atoms with Crippen molar-refractivity contribution >= 4 is 11.0 Å². The Balaban J connectivity index is 2.05. The van der Waals surface area contributed by atoms with E-state index in [0.29, 0.717) is 6.54 Å². The van der Waals surface area contributed by atoms with Gasteiger partial charge in [0.05, 0.1) is 0 Å². The first-order valence-electron chi connectivity index (χ1n) is 6.38. The monoisotopic (exact) mass is 230 g/mol. The van der Waals surface area contributed by atoms with E-state index in [-0.39, 0.29) is 5.41 Å². The molecule has 0 radical (unpaired) electrons. The van der Waals surface area contributed by atoms with Gasteiger partial charge in [-0.3, -0.25) is 4.98 Å². The molecule has 1 saturated carbocycles. The zero-order valence-corrected chi connectivity index (χ0v) is 9.98. The quantitative estimate of drug-likeness (QED) is 0.862. The topological polar surface area (TPSA) is 52.0 Å². The van der Waals surface area contributed by atoms with Crippen molar-refractivity contribution in [3.8, 4) is 0 Å². The van der Waals surface area contributed by atoms with Gasteiger partial charge in [0.2, 0.25) is 0 Å². The van der Waals surface area contributed by atoms with E-state index < -0.39 is 0 Å². The summed E-state index contributed by atoms with van der Waals surface area (Å²) >= 11 is 0. The third-order valence-electron chi connectivity index (χ3n) is 4.04. The molecule has 3 nitrogen and oxygen atoms in total. The molecule has 2 heterocycles. The summed E-state index contributed by atoms with van der Waals surface area (Å²) in [7, 11) is 0. The van der Waals surface area contributed by atoms with Crippen LogP contribution in [-0.2, 0) is 5.41 Å². The molecule has 1 aliphatic rings. The summed E-state index contributed by atoms with van der Waals surface area (Å²) in [6.07, 6.45) is 9.76. The Morgan fingerprint density at radius 3 is 2.82 bits per heavy atom. The lowest BCUT2D eigenvalue weighted by Gasteiger charge is -2.34. The fourth-order valence-corrected chi connectivity index (χ4v) is 2.93. The molecule has 0 amide bonds. The lowest BCUT2D eigenvalue weighted by atomic mass is 9.72. The van der Waals surface area contributed by atoms with Crippen LogP contribution in [0.4, 0.5) is 0 Å². The van der Waals surface area contributed by atoms with Gasteiger partial charge in [-0.25, -0.2) is 0 Å². The zero-order valence-electron chi connectivity index (χ0n) is 9.98. The van der Waals surface area contributed by atoms with Gasteiger partial charge in [-0.1, -0.05) is 19.3 Å². The molecule has 0 unspecified atom stereocenters. The number of nitrogens with zero attached hydrogens (tertiary/aromatic N) is 1. The van der Waals surface area contributed by atoms with E-state index in [4.69, 9.17) is 10.2 Å². The molecule has 1 fully saturated rings. The Hall–Kier alpha value is -1.35. The molecule has 2 aromatic rings. The average molecular weight is 230 g/mol. The molecule has 0 aromatic carbocycles. The molecular formula is C14H18N2O. The highest BCUT2D eigenvalue weighted by molar-refractivity contribution is 5.76. The predicted octanol–water partition coefficient (Wildman–Crippen LogP) is 2.99. The zero-order chi connectivity index (χ0) is 11.7. The molecular weight excluding hydrogens is 212 g/mol. The van der Waals surface area contributed by atoms with Gasteiger partial charge in [-0.15, -0.1) is 0 Å². The van der Waals surface area contributed by atoms with E-state index in [0.717, 1.165) is 29.6 Å². The largest absolute Gasteiger partial charge is 0.460 e. The molecule has 0 spiro atoms. The molecule has 3 heteroatoms. The summed E-state index contributed by atoms with van der Waals surface area (Å²) in [5.41, 5.74) is 7.01. The third kappa shape index (κ3) is 1.75. The predicted molar refractivity (Wildman–Crippen MR) is 67.8 cm³/mol. The fraction of sp³-hybridized carbons (Fsp3) is 0.500. The first kappa shape index (κ1) is 10.8. The van der Waals surface area contributed by atoms with E-state index in [1.807, 2.05) is 12.3 Å². The maximum atomic E-state index is 6.02. The molecule has 17 heavy (non-hydrogen) atoms. The van der Waals surface area contributed by atoms with Crippen LogP contribution in [0, 0.1) is 0 Å². The molecule has 3 rings (SSSR count). The summed E-state index contributed by atoms with van der Waals surface area (Å²) in [5.74, 6) is 1.06. The van der Waals surface area contributed by atoms with Crippen molar-refractivity contribution in [2.75, 3.05) is 6.54 Å². The van der Waals surface area contributed by atoms with Gasteiger partial charge in [0.25, 0.3) is 0 Å². The summed E-state index contributed by atoms with van der Waals surface area (Å²) in [6, 6.07) is 4.05. The number of pyridine rings is 1. The Morgan fingerprint density at radius 1 is 1.29 bits per heavy atom. The minimum Gasteiger partial charge on any atom is -0.460 e. The Kier molecular flexibility index (Phi) is 2.63. The second-order valence-corrected chi connectivity index (χ2v) is 5.07. The number of furan rings is 1. The molecule has 0 bridgehead atoms. The van der Waals surface area contributed by atoms with Gasteiger partial charge in [0.15, 0.2) is 0 Å². The fourth-order valence-electron chi connectivity index (χ4n) is 2.93. The lowest BCUT2D eigenvalue weighted by molar-refractivity contribution is 0.257. The van der Waals surface area contributed by atoms with Crippen molar-refractivity contribution in [3.05, 3.63) is 30.3 Å².